The number of ether oxygens (including phenoxy) is 1. The highest BCUT2D eigenvalue weighted by atomic mass is 16.5. The van der Waals surface area contributed by atoms with Gasteiger partial charge in [0.2, 0.25) is 0 Å². The number of carbonyl (C=O) groups is 2. The number of carbonyl (C=O) groups excluding carboxylic acids is 2. The zero-order chi connectivity index (χ0) is 15.8. The van der Waals surface area contributed by atoms with Gasteiger partial charge < -0.3 is 15.0 Å². The predicted molar refractivity (Wildman–Crippen MR) is 82.8 cm³/mol. The summed E-state index contributed by atoms with van der Waals surface area (Å²) in [5.74, 6) is -0.802. The van der Waals surface area contributed by atoms with Crippen LogP contribution in [-0.2, 0) is 4.74 Å². The second kappa shape index (κ2) is 8.48. The van der Waals surface area contributed by atoms with Gasteiger partial charge in [0.1, 0.15) is 11.4 Å². The van der Waals surface area contributed by atoms with E-state index in [1.807, 2.05) is 0 Å². The first-order chi connectivity index (χ1) is 10.7. The number of pyridine rings is 1. The number of hydrogen-bond donors (Lipinski definition) is 1. The zero-order valence-electron chi connectivity index (χ0n) is 13.0. The molecule has 0 saturated carbocycles. The molecule has 2 heterocycles. The molecule has 1 aromatic heterocycles. The van der Waals surface area contributed by atoms with E-state index >= 15 is 0 Å². The van der Waals surface area contributed by atoms with Gasteiger partial charge in [-0.2, -0.15) is 0 Å². The Kier molecular flexibility index (Phi) is 6.33. The van der Waals surface area contributed by atoms with Gasteiger partial charge in [0.05, 0.1) is 7.11 Å². The fourth-order valence-electron chi connectivity index (χ4n) is 2.56. The summed E-state index contributed by atoms with van der Waals surface area (Å²) in [4.78, 5) is 29.9. The van der Waals surface area contributed by atoms with Gasteiger partial charge in [-0.05, 0) is 51.0 Å². The molecule has 1 N–H and O–H groups in total. The Morgan fingerprint density at radius 2 is 1.95 bits per heavy atom. The molecular weight excluding hydrogens is 282 g/mol. The lowest BCUT2D eigenvalue weighted by Crippen LogP contribution is -2.33. The fourth-order valence-corrected chi connectivity index (χ4v) is 2.56. The van der Waals surface area contributed by atoms with Crippen molar-refractivity contribution in [1.82, 2.24) is 15.2 Å². The Morgan fingerprint density at radius 1 is 1.23 bits per heavy atom. The highest BCUT2D eigenvalue weighted by Gasteiger charge is 2.13. The average Bonchev–Trinajstić information content (AvgIpc) is 2.59. The number of nitrogens with zero attached hydrogens (tertiary/aromatic N) is 2. The van der Waals surface area contributed by atoms with Crippen LogP contribution in [0.2, 0.25) is 0 Å². The summed E-state index contributed by atoms with van der Waals surface area (Å²) in [6.07, 6.45) is 4.80. The molecule has 0 bridgehead atoms. The third-order valence-electron chi connectivity index (χ3n) is 3.76. The van der Waals surface area contributed by atoms with Crippen molar-refractivity contribution in [2.75, 3.05) is 33.3 Å². The highest BCUT2D eigenvalue weighted by molar-refractivity contribution is 5.94. The van der Waals surface area contributed by atoms with Gasteiger partial charge in [0.15, 0.2) is 0 Å². The molecular formula is C16H23N3O3. The number of nitrogens with one attached hydrogen (secondary N) is 1. The lowest BCUT2D eigenvalue weighted by atomic mass is 10.1. The molecule has 0 aliphatic carbocycles. The van der Waals surface area contributed by atoms with Gasteiger partial charge in [-0.3, -0.25) is 4.79 Å². The molecule has 1 amide bonds. The van der Waals surface area contributed by atoms with Crippen molar-refractivity contribution in [3.8, 4) is 0 Å². The quantitative estimate of drug-likeness (QED) is 0.636. The van der Waals surface area contributed by atoms with Gasteiger partial charge in [-0.25, -0.2) is 9.78 Å². The molecule has 120 valence electrons. The molecule has 1 aromatic rings. The number of esters is 1. The minimum atomic E-state index is -0.542. The first-order valence-electron chi connectivity index (χ1n) is 7.76. The molecule has 2 rings (SSSR count). The van der Waals surface area contributed by atoms with E-state index in [0.717, 1.165) is 26.1 Å². The molecule has 0 aromatic carbocycles. The maximum absolute atomic E-state index is 12.0. The van der Waals surface area contributed by atoms with Crippen LogP contribution in [0.15, 0.2) is 18.2 Å². The summed E-state index contributed by atoms with van der Waals surface area (Å²) in [6, 6.07) is 4.74. The molecule has 0 unspecified atom stereocenters. The summed E-state index contributed by atoms with van der Waals surface area (Å²) in [5.41, 5.74) is 0.379. The predicted octanol–water partition coefficient (Wildman–Crippen LogP) is 1.47. The standard InChI is InChI=1S/C16H23N3O3/c1-22-16(21)14-8-5-7-13(18-14)15(20)17-9-6-12-19-10-3-2-4-11-19/h5,7-8H,2-4,6,9-12H2,1H3,(H,17,20). The van der Waals surface area contributed by atoms with E-state index in [2.05, 4.69) is 19.9 Å². The largest absolute Gasteiger partial charge is 0.464 e. The Bertz CT molecular complexity index is 513. The van der Waals surface area contributed by atoms with Crippen molar-refractivity contribution < 1.29 is 14.3 Å². The molecule has 6 heteroatoms. The van der Waals surface area contributed by atoms with Crippen LogP contribution in [0.25, 0.3) is 0 Å². The van der Waals surface area contributed by atoms with Crippen LogP contribution in [-0.4, -0.2) is 55.0 Å². The molecule has 0 spiro atoms. The Balaban J connectivity index is 1.76. The number of likely N-dealkylation sites (tertiary alicyclic amines) is 1. The van der Waals surface area contributed by atoms with Gasteiger partial charge in [0.25, 0.3) is 5.91 Å². The van der Waals surface area contributed by atoms with Gasteiger partial charge >= 0.3 is 5.97 Å². The van der Waals surface area contributed by atoms with Crippen molar-refractivity contribution in [1.29, 1.82) is 0 Å². The van der Waals surface area contributed by atoms with Gasteiger partial charge in [-0.1, -0.05) is 12.5 Å². The summed E-state index contributed by atoms with van der Waals surface area (Å²) >= 11 is 0. The van der Waals surface area contributed by atoms with Crippen molar-refractivity contribution >= 4 is 11.9 Å². The van der Waals surface area contributed by atoms with E-state index in [-0.39, 0.29) is 17.3 Å². The first-order valence-corrected chi connectivity index (χ1v) is 7.76. The van der Waals surface area contributed by atoms with Crippen LogP contribution in [0, 0.1) is 0 Å². The number of methoxy groups -OCH3 is 1. The molecule has 6 nitrogen and oxygen atoms in total. The minimum Gasteiger partial charge on any atom is -0.464 e. The number of hydrogen-bond acceptors (Lipinski definition) is 5. The molecule has 1 fully saturated rings. The molecule has 1 saturated heterocycles. The Labute approximate surface area is 130 Å². The number of rotatable bonds is 6. The SMILES string of the molecule is COC(=O)c1cccc(C(=O)NCCCN2CCCCC2)n1. The van der Waals surface area contributed by atoms with Gasteiger partial charge in [0, 0.05) is 6.54 Å². The first kappa shape index (κ1) is 16.4. The molecule has 1 aliphatic rings. The lowest BCUT2D eigenvalue weighted by molar-refractivity contribution is 0.0594. The minimum absolute atomic E-state index is 0.142. The molecule has 22 heavy (non-hydrogen) atoms. The third kappa shape index (κ3) is 4.80. The van der Waals surface area contributed by atoms with E-state index in [0.29, 0.717) is 6.54 Å². The van der Waals surface area contributed by atoms with E-state index in [9.17, 15) is 9.59 Å². The number of aromatic nitrogens is 1. The second-order valence-corrected chi connectivity index (χ2v) is 5.41. The maximum Gasteiger partial charge on any atom is 0.356 e. The fraction of sp³-hybridized carbons (Fsp3) is 0.562. The molecule has 0 atom stereocenters. The lowest BCUT2D eigenvalue weighted by Gasteiger charge is -2.26. The Morgan fingerprint density at radius 3 is 2.68 bits per heavy atom. The van der Waals surface area contributed by atoms with Crippen LogP contribution in [0.1, 0.15) is 46.7 Å². The molecule has 1 aliphatic heterocycles. The van der Waals surface area contributed by atoms with E-state index in [1.165, 1.54) is 32.4 Å². The normalized spacial score (nSPS) is 15.3. The van der Waals surface area contributed by atoms with E-state index < -0.39 is 5.97 Å². The monoisotopic (exact) mass is 305 g/mol. The summed E-state index contributed by atoms with van der Waals surface area (Å²) < 4.78 is 4.60. The smallest absolute Gasteiger partial charge is 0.356 e. The summed E-state index contributed by atoms with van der Waals surface area (Å²) in [7, 11) is 1.29. The van der Waals surface area contributed by atoms with Crippen molar-refractivity contribution in [2.45, 2.75) is 25.7 Å². The second-order valence-electron chi connectivity index (χ2n) is 5.41. The van der Waals surface area contributed by atoms with Crippen LogP contribution in [0.4, 0.5) is 0 Å². The average molecular weight is 305 g/mol. The summed E-state index contributed by atoms with van der Waals surface area (Å²) in [5, 5.41) is 2.84. The Hall–Kier alpha value is -1.95. The van der Waals surface area contributed by atoms with Crippen LogP contribution >= 0.6 is 0 Å². The summed E-state index contributed by atoms with van der Waals surface area (Å²) in [6.45, 7) is 3.95. The topological polar surface area (TPSA) is 71.5 Å². The van der Waals surface area contributed by atoms with Crippen LogP contribution < -0.4 is 5.32 Å². The maximum atomic E-state index is 12.0. The van der Waals surface area contributed by atoms with Crippen LogP contribution in [0.5, 0.6) is 0 Å². The van der Waals surface area contributed by atoms with E-state index in [4.69, 9.17) is 0 Å². The van der Waals surface area contributed by atoms with Crippen molar-refractivity contribution in [3.63, 3.8) is 0 Å². The van der Waals surface area contributed by atoms with Crippen molar-refractivity contribution in [2.24, 2.45) is 0 Å². The number of piperidine rings is 1. The van der Waals surface area contributed by atoms with E-state index in [1.54, 1.807) is 12.1 Å². The number of amides is 1. The third-order valence-corrected chi connectivity index (χ3v) is 3.76. The van der Waals surface area contributed by atoms with Crippen LogP contribution in [0.3, 0.4) is 0 Å². The van der Waals surface area contributed by atoms with Crippen molar-refractivity contribution in [3.05, 3.63) is 29.6 Å². The highest BCUT2D eigenvalue weighted by Crippen LogP contribution is 2.08. The molecule has 0 radical (unpaired) electrons. The zero-order valence-corrected chi connectivity index (χ0v) is 13.0. The van der Waals surface area contributed by atoms with Gasteiger partial charge in [-0.15, -0.1) is 0 Å².